The maximum Gasteiger partial charge on any atom is 0.0935 e. The van der Waals surface area contributed by atoms with E-state index in [-0.39, 0.29) is 0 Å². The van der Waals surface area contributed by atoms with Crippen LogP contribution in [0.4, 0.5) is 5.69 Å². The Morgan fingerprint density at radius 3 is 2.50 bits per heavy atom. The zero-order valence-electron chi connectivity index (χ0n) is 17.3. The molecule has 1 aliphatic carbocycles. The number of rotatable bonds is 4. The zero-order chi connectivity index (χ0) is 20.2. The van der Waals surface area contributed by atoms with Gasteiger partial charge in [-0.15, -0.1) is 0 Å². The molecule has 150 valence electrons. The lowest BCUT2D eigenvalue weighted by Gasteiger charge is -2.31. The number of aromatic nitrogens is 2. The Balaban J connectivity index is 1.34. The number of anilines is 1. The number of allylic oxidation sites excluding steroid dienone is 1. The lowest BCUT2D eigenvalue weighted by Crippen LogP contribution is -2.31. The molecule has 2 aromatic heterocycles. The van der Waals surface area contributed by atoms with E-state index in [0.29, 0.717) is 0 Å². The van der Waals surface area contributed by atoms with Crippen LogP contribution in [0.5, 0.6) is 0 Å². The highest BCUT2D eigenvalue weighted by atomic mass is 15.1. The van der Waals surface area contributed by atoms with Crippen LogP contribution >= 0.6 is 0 Å². The number of hydrogen-bond acceptors (Lipinski definition) is 3. The Morgan fingerprint density at radius 1 is 0.867 bits per heavy atom. The molecule has 3 aromatic rings. The monoisotopic (exact) mass is 393 g/mol. The molecule has 1 fully saturated rings. The van der Waals surface area contributed by atoms with Crippen LogP contribution in [0.3, 0.4) is 0 Å². The molecule has 0 saturated carbocycles. The molecule has 3 nitrogen and oxygen atoms in total. The highest BCUT2D eigenvalue weighted by Crippen LogP contribution is 2.31. The highest BCUT2D eigenvalue weighted by Gasteiger charge is 2.18. The van der Waals surface area contributed by atoms with Gasteiger partial charge in [0, 0.05) is 37.2 Å². The quantitative estimate of drug-likeness (QED) is 0.620. The largest absolute Gasteiger partial charge is 0.369 e. The minimum Gasteiger partial charge on any atom is -0.369 e. The third-order valence-corrected chi connectivity index (χ3v) is 6.16. The molecule has 1 aromatic carbocycles. The van der Waals surface area contributed by atoms with Gasteiger partial charge in [0.2, 0.25) is 0 Å². The Hall–Kier alpha value is -3.20. The third-order valence-electron chi connectivity index (χ3n) is 6.16. The second-order valence-electron chi connectivity index (χ2n) is 8.11. The SMILES string of the molecule is C(Cc1ccncc1)=C1CCN(c2cccnc2-c2ccc3c(c2)=CCCC=3)CC1. The first-order chi connectivity index (χ1) is 14.9. The van der Waals surface area contributed by atoms with Crippen LogP contribution in [0.15, 0.2) is 72.7 Å². The number of piperidine rings is 1. The summed E-state index contributed by atoms with van der Waals surface area (Å²) in [4.78, 5) is 11.4. The average molecular weight is 394 g/mol. The van der Waals surface area contributed by atoms with Gasteiger partial charge in [-0.25, -0.2) is 0 Å². The minimum atomic E-state index is 0.999. The van der Waals surface area contributed by atoms with E-state index >= 15 is 0 Å². The van der Waals surface area contributed by atoms with Gasteiger partial charge in [-0.05, 0) is 78.4 Å². The molecule has 5 rings (SSSR count). The van der Waals surface area contributed by atoms with Crippen LogP contribution in [0, 0.1) is 0 Å². The molecule has 0 amide bonds. The Bertz CT molecular complexity index is 1170. The smallest absolute Gasteiger partial charge is 0.0935 e. The summed E-state index contributed by atoms with van der Waals surface area (Å²) in [5.74, 6) is 0. The summed E-state index contributed by atoms with van der Waals surface area (Å²) in [7, 11) is 0. The highest BCUT2D eigenvalue weighted by molar-refractivity contribution is 5.75. The van der Waals surface area contributed by atoms with Gasteiger partial charge in [0.1, 0.15) is 0 Å². The first-order valence-corrected chi connectivity index (χ1v) is 10.9. The minimum absolute atomic E-state index is 0.999. The molecule has 0 bridgehead atoms. The van der Waals surface area contributed by atoms with E-state index in [1.807, 2.05) is 18.6 Å². The van der Waals surface area contributed by atoms with Crippen molar-refractivity contribution in [3.63, 3.8) is 0 Å². The van der Waals surface area contributed by atoms with Gasteiger partial charge in [0.05, 0.1) is 11.4 Å². The molecule has 3 heteroatoms. The molecule has 3 heterocycles. The van der Waals surface area contributed by atoms with Crippen molar-refractivity contribution in [3.8, 4) is 11.3 Å². The van der Waals surface area contributed by atoms with Crippen LogP contribution < -0.4 is 15.3 Å². The van der Waals surface area contributed by atoms with Gasteiger partial charge in [0.15, 0.2) is 0 Å². The van der Waals surface area contributed by atoms with Gasteiger partial charge in [-0.2, -0.15) is 0 Å². The molecule has 0 radical (unpaired) electrons. The van der Waals surface area contributed by atoms with Crippen LogP contribution in [0.1, 0.15) is 31.2 Å². The van der Waals surface area contributed by atoms with Gasteiger partial charge >= 0.3 is 0 Å². The van der Waals surface area contributed by atoms with Crippen molar-refractivity contribution in [3.05, 3.63) is 88.7 Å². The zero-order valence-corrected chi connectivity index (χ0v) is 17.3. The fraction of sp³-hybridized carbons (Fsp3) is 0.259. The number of nitrogens with zero attached hydrogens (tertiary/aromatic N) is 3. The summed E-state index contributed by atoms with van der Waals surface area (Å²) in [6.07, 6.45) is 18.3. The maximum absolute atomic E-state index is 4.78. The van der Waals surface area contributed by atoms with Crippen molar-refractivity contribution in [1.82, 2.24) is 9.97 Å². The van der Waals surface area contributed by atoms with Gasteiger partial charge in [0.25, 0.3) is 0 Å². The number of fused-ring (bicyclic) bond motifs is 1. The van der Waals surface area contributed by atoms with E-state index in [1.165, 1.54) is 27.3 Å². The van der Waals surface area contributed by atoms with E-state index in [0.717, 1.165) is 50.9 Å². The van der Waals surface area contributed by atoms with Crippen LogP contribution in [-0.4, -0.2) is 23.1 Å². The molecule has 0 unspecified atom stereocenters. The number of pyridine rings is 2. The van der Waals surface area contributed by atoms with E-state index in [9.17, 15) is 0 Å². The summed E-state index contributed by atoms with van der Waals surface area (Å²) in [6.45, 7) is 2.09. The van der Waals surface area contributed by atoms with Crippen molar-refractivity contribution < 1.29 is 0 Å². The average Bonchev–Trinajstić information content (AvgIpc) is 2.83. The van der Waals surface area contributed by atoms with Gasteiger partial charge < -0.3 is 4.90 Å². The Labute approximate surface area is 178 Å². The summed E-state index contributed by atoms with van der Waals surface area (Å²) >= 11 is 0. The van der Waals surface area contributed by atoms with Crippen molar-refractivity contribution in [2.24, 2.45) is 0 Å². The lowest BCUT2D eigenvalue weighted by atomic mass is 9.99. The molecule has 0 spiro atoms. The number of benzene rings is 1. The fourth-order valence-corrected chi connectivity index (χ4v) is 4.46. The lowest BCUT2D eigenvalue weighted by molar-refractivity contribution is 0.681. The van der Waals surface area contributed by atoms with Crippen molar-refractivity contribution in [2.45, 2.75) is 32.1 Å². The standard InChI is InChI=1S/C27H27N3/c1-2-5-24-20-25(10-9-23(24)4-1)27-26(6-3-15-29-27)30-18-13-22(14-19-30)8-7-21-11-16-28-17-12-21/h3-6,8-12,15-17,20H,1-2,7,13-14,18-19H2. The molecule has 1 aliphatic heterocycles. The molecule has 30 heavy (non-hydrogen) atoms. The van der Waals surface area contributed by atoms with Crippen molar-refractivity contribution in [2.75, 3.05) is 18.0 Å². The summed E-state index contributed by atoms with van der Waals surface area (Å²) in [5, 5.41) is 2.69. The van der Waals surface area contributed by atoms with Crippen LogP contribution in [0.2, 0.25) is 0 Å². The second kappa shape index (κ2) is 8.66. The van der Waals surface area contributed by atoms with Crippen molar-refractivity contribution in [1.29, 1.82) is 0 Å². The summed E-state index contributed by atoms with van der Waals surface area (Å²) in [6, 6.07) is 15.3. The van der Waals surface area contributed by atoms with Crippen LogP contribution in [-0.2, 0) is 6.42 Å². The normalized spacial score (nSPS) is 15.7. The van der Waals surface area contributed by atoms with E-state index in [2.05, 4.69) is 70.6 Å². The first-order valence-electron chi connectivity index (χ1n) is 10.9. The molecule has 0 atom stereocenters. The molecular weight excluding hydrogens is 366 g/mol. The topological polar surface area (TPSA) is 29.0 Å². The fourth-order valence-electron chi connectivity index (χ4n) is 4.46. The molecule has 0 N–H and O–H groups in total. The van der Waals surface area contributed by atoms with E-state index in [1.54, 1.807) is 5.57 Å². The van der Waals surface area contributed by atoms with E-state index < -0.39 is 0 Å². The third kappa shape index (κ3) is 4.06. The van der Waals surface area contributed by atoms with Gasteiger partial charge in [-0.3, -0.25) is 9.97 Å². The maximum atomic E-state index is 4.78. The first kappa shape index (κ1) is 18.8. The number of hydrogen-bond donors (Lipinski definition) is 0. The Morgan fingerprint density at radius 2 is 1.67 bits per heavy atom. The van der Waals surface area contributed by atoms with Crippen LogP contribution in [0.25, 0.3) is 23.4 Å². The van der Waals surface area contributed by atoms with Gasteiger partial charge in [-0.1, -0.05) is 35.9 Å². The Kier molecular flexibility index (Phi) is 5.43. The van der Waals surface area contributed by atoms with E-state index in [4.69, 9.17) is 4.98 Å². The predicted octanol–water partition coefficient (Wildman–Crippen LogP) is 4.27. The van der Waals surface area contributed by atoms with Crippen molar-refractivity contribution >= 4 is 17.8 Å². The second-order valence-corrected chi connectivity index (χ2v) is 8.11. The molecule has 2 aliphatic rings. The molecule has 1 saturated heterocycles. The summed E-state index contributed by atoms with van der Waals surface area (Å²) in [5.41, 5.74) is 6.46. The summed E-state index contributed by atoms with van der Waals surface area (Å²) < 4.78 is 0. The predicted molar refractivity (Wildman–Crippen MR) is 125 cm³/mol. The molecular formula is C27H27N3.